The summed E-state index contributed by atoms with van der Waals surface area (Å²) in [6.07, 6.45) is 4.93. The van der Waals surface area contributed by atoms with Crippen molar-refractivity contribution in [3.05, 3.63) is 28.6 Å². The SMILES string of the molecule is CCCC(OCC)=c1cccc(OC)c1=CCCCl. The van der Waals surface area contributed by atoms with Crippen molar-refractivity contribution in [3.63, 3.8) is 0 Å². The summed E-state index contributed by atoms with van der Waals surface area (Å²) in [5.74, 6) is 2.51. The third-order valence-electron chi connectivity index (χ3n) is 2.84. The van der Waals surface area contributed by atoms with E-state index in [2.05, 4.69) is 19.1 Å². The van der Waals surface area contributed by atoms with E-state index >= 15 is 0 Å². The molecule has 0 saturated carbocycles. The summed E-state index contributed by atoms with van der Waals surface area (Å²) in [5.41, 5.74) is 0. The van der Waals surface area contributed by atoms with Gasteiger partial charge < -0.3 is 9.47 Å². The summed E-state index contributed by atoms with van der Waals surface area (Å²) < 4.78 is 11.2. The van der Waals surface area contributed by atoms with Gasteiger partial charge in [0.2, 0.25) is 0 Å². The zero-order valence-corrected chi connectivity index (χ0v) is 12.8. The van der Waals surface area contributed by atoms with Crippen molar-refractivity contribution in [1.29, 1.82) is 0 Å². The predicted molar refractivity (Wildman–Crippen MR) is 82.0 cm³/mol. The van der Waals surface area contributed by atoms with Crippen LogP contribution < -0.4 is 15.2 Å². The van der Waals surface area contributed by atoms with Crippen LogP contribution in [0.4, 0.5) is 0 Å². The Balaban J connectivity index is 3.50. The molecule has 0 aliphatic rings. The van der Waals surface area contributed by atoms with Crippen LogP contribution in [0.15, 0.2) is 18.2 Å². The summed E-state index contributed by atoms with van der Waals surface area (Å²) in [6, 6.07) is 6.06. The van der Waals surface area contributed by atoms with Gasteiger partial charge >= 0.3 is 0 Å². The average molecular weight is 283 g/mol. The summed E-state index contributed by atoms with van der Waals surface area (Å²) in [4.78, 5) is 0. The van der Waals surface area contributed by atoms with Crippen LogP contribution in [0.5, 0.6) is 5.75 Å². The first-order chi connectivity index (χ1) is 9.28. The lowest BCUT2D eigenvalue weighted by atomic mass is 10.1. The first-order valence-electron chi connectivity index (χ1n) is 6.83. The minimum absolute atomic E-state index is 0.606. The fourth-order valence-electron chi connectivity index (χ4n) is 2.06. The number of alkyl halides is 1. The first-order valence-corrected chi connectivity index (χ1v) is 7.37. The maximum atomic E-state index is 5.80. The van der Waals surface area contributed by atoms with Crippen molar-refractivity contribution < 1.29 is 9.47 Å². The van der Waals surface area contributed by atoms with E-state index in [0.29, 0.717) is 12.5 Å². The fourth-order valence-corrected chi connectivity index (χ4v) is 2.17. The summed E-state index contributed by atoms with van der Waals surface area (Å²) >= 11 is 5.79. The molecule has 0 aliphatic carbocycles. The van der Waals surface area contributed by atoms with Gasteiger partial charge in [-0.05, 0) is 25.8 Å². The van der Waals surface area contributed by atoms with Gasteiger partial charge in [0.05, 0.1) is 13.7 Å². The van der Waals surface area contributed by atoms with Crippen molar-refractivity contribution in [2.45, 2.75) is 33.1 Å². The molecule has 0 amide bonds. The Kier molecular flexibility index (Phi) is 7.42. The molecule has 0 aromatic heterocycles. The van der Waals surface area contributed by atoms with Gasteiger partial charge in [-0.15, -0.1) is 11.6 Å². The molecular weight excluding hydrogens is 260 g/mol. The second kappa shape index (κ2) is 8.87. The first kappa shape index (κ1) is 15.9. The van der Waals surface area contributed by atoms with Crippen LogP contribution in [-0.4, -0.2) is 19.6 Å². The number of halogens is 1. The fraction of sp³-hybridized carbons (Fsp3) is 0.500. The maximum absolute atomic E-state index is 5.80. The normalized spacial score (nSPS) is 13.4. The van der Waals surface area contributed by atoms with Crippen LogP contribution in [-0.2, 0) is 4.74 Å². The summed E-state index contributed by atoms with van der Waals surface area (Å²) in [5, 5.41) is 2.20. The molecule has 0 N–H and O–H groups in total. The van der Waals surface area contributed by atoms with E-state index in [9.17, 15) is 0 Å². The highest BCUT2D eigenvalue weighted by molar-refractivity contribution is 6.18. The molecule has 1 aromatic rings. The molecule has 2 nitrogen and oxygen atoms in total. The van der Waals surface area contributed by atoms with Crippen LogP contribution in [0.3, 0.4) is 0 Å². The van der Waals surface area contributed by atoms with Crippen molar-refractivity contribution in [2.75, 3.05) is 19.6 Å². The molecule has 0 fully saturated rings. The monoisotopic (exact) mass is 282 g/mol. The Morgan fingerprint density at radius 1 is 1.32 bits per heavy atom. The zero-order chi connectivity index (χ0) is 14.1. The quantitative estimate of drug-likeness (QED) is 0.716. The molecule has 0 radical (unpaired) electrons. The largest absolute Gasteiger partial charge is 0.498 e. The average Bonchev–Trinajstić information content (AvgIpc) is 2.44. The minimum Gasteiger partial charge on any atom is -0.498 e. The zero-order valence-electron chi connectivity index (χ0n) is 12.0. The molecule has 0 heterocycles. The van der Waals surface area contributed by atoms with Crippen LogP contribution in [0.2, 0.25) is 0 Å². The van der Waals surface area contributed by atoms with Crippen LogP contribution in [0, 0.1) is 0 Å². The molecule has 0 spiro atoms. The highest BCUT2D eigenvalue weighted by Gasteiger charge is 2.03. The highest BCUT2D eigenvalue weighted by atomic mass is 35.5. The molecular formula is C16H23ClO2. The Bertz CT molecular complexity index is 486. The van der Waals surface area contributed by atoms with Crippen molar-refractivity contribution in [1.82, 2.24) is 0 Å². The molecule has 19 heavy (non-hydrogen) atoms. The van der Waals surface area contributed by atoms with Gasteiger partial charge in [-0.25, -0.2) is 0 Å². The summed E-state index contributed by atoms with van der Waals surface area (Å²) in [6.45, 7) is 4.85. The number of benzene rings is 1. The number of ether oxygens (including phenoxy) is 2. The Morgan fingerprint density at radius 2 is 2.11 bits per heavy atom. The molecule has 0 bridgehead atoms. The molecule has 3 heteroatoms. The molecule has 0 saturated heterocycles. The van der Waals surface area contributed by atoms with E-state index in [1.54, 1.807) is 7.11 Å². The third-order valence-corrected chi connectivity index (χ3v) is 3.06. The van der Waals surface area contributed by atoms with Gasteiger partial charge in [0.1, 0.15) is 11.5 Å². The molecule has 0 atom stereocenters. The van der Waals surface area contributed by atoms with Crippen LogP contribution in [0.25, 0.3) is 11.8 Å². The maximum Gasteiger partial charge on any atom is 0.126 e. The van der Waals surface area contributed by atoms with Crippen LogP contribution >= 0.6 is 11.6 Å². The lowest BCUT2D eigenvalue weighted by Crippen LogP contribution is -2.29. The molecule has 0 aliphatic heterocycles. The third kappa shape index (κ3) is 4.46. The second-order valence-corrected chi connectivity index (χ2v) is 4.59. The van der Waals surface area contributed by atoms with E-state index in [0.717, 1.165) is 41.2 Å². The number of hydrogen-bond acceptors (Lipinski definition) is 2. The van der Waals surface area contributed by atoms with E-state index in [-0.39, 0.29) is 0 Å². The topological polar surface area (TPSA) is 18.5 Å². The van der Waals surface area contributed by atoms with Gasteiger partial charge in [0.15, 0.2) is 0 Å². The summed E-state index contributed by atoms with van der Waals surface area (Å²) in [7, 11) is 1.69. The standard InChI is InChI=1S/C16H23ClO2/c1-4-8-16(19-5-2)14-9-6-11-15(18-3)13(14)10-7-12-17/h6,9-11H,4-5,7-8,12H2,1-3H3. The van der Waals surface area contributed by atoms with Gasteiger partial charge in [0, 0.05) is 22.7 Å². The Morgan fingerprint density at radius 3 is 2.68 bits per heavy atom. The van der Waals surface area contributed by atoms with Crippen molar-refractivity contribution in [3.8, 4) is 5.75 Å². The molecule has 0 unspecified atom stereocenters. The van der Waals surface area contributed by atoms with Crippen LogP contribution in [0.1, 0.15) is 33.1 Å². The smallest absolute Gasteiger partial charge is 0.126 e. The molecule has 1 rings (SSSR count). The van der Waals surface area contributed by atoms with Gasteiger partial charge in [-0.3, -0.25) is 0 Å². The van der Waals surface area contributed by atoms with E-state index in [1.165, 1.54) is 0 Å². The molecule has 1 aromatic carbocycles. The van der Waals surface area contributed by atoms with Crippen molar-refractivity contribution in [2.24, 2.45) is 0 Å². The molecule has 106 valence electrons. The van der Waals surface area contributed by atoms with E-state index in [4.69, 9.17) is 21.1 Å². The highest BCUT2D eigenvalue weighted by Crippen LogP contribution is 2.07. The predicted octanol–water partition coefficient (Wildman–Crippen LogP) is 3.05. The van der Waals surface area contributed by atoms with E-state index in [1.807, 2.05) is 19.1 Å². The van der Waals surface area contributed by atoms with Gasteiger partial charge in [0.25, 0.3) is 0 Å². The number of hydrogen-bond donors (Lipinski definition) is 0. The number of methoxy groups -OCH3 is 1. The van der Waals surface area contributed by atoms with Crippen molar-refractivity contribution >= 4 is 23.4 Å². The Labute approximate surface area is 120 Å². The van der Waals surface area contributed by atoms with E-state index < -0.39 is 0 Å². The lowest BCUT2D eigenvalue weighted by molar-refractivity contribution is 0.280. The lowest BCUT2D eigenvalue weighted by Gasteiger charge is -2.09. The Hall–Kier alpha value is -1.15. The second-order valence-electron chi connectivity index (χ2n) is 4.21. The minimum atomic E-state index is 0.606. The van der Waals surface area contributed by atoms with Gasteiger partial charge in [-0.2, -0.15) is 0 Å². The number of rotatable bonds is 7. The van der Waals surface area contributed by atoms with Gasteiger partial charge in [-0.1, -0.05) is 25.1 Å².